The van der Waals surface area contributed by atoms with Crippen molar-refractivity contribution in [1.82, 2.24) is 5.32 Å². The van der Waals surface area contributed by atoms with Gasteiger partial charge in [0, 0.05) is 12.2 Å². The molecule has 0 saturated heterocycles. The van der Waals surface area contributed by atoms with Gasteiger partial charge in [0.05, 0.1) is 11.1 Å². The number of amides is 2. The molecule has 0 aliphatic carbocycles. The first-order valence-electron chi connectivity index (χ1n) is 6.26. The van der Waals surface area contributed by atoms with Crippen LogP contribution in [0.2, 0.25) is 0 Å². The number of rotatable bonds is 3. The Labute approximate surface area is 122 Å². The molecule has 21 heavy (non-hydrogen) atoms. The van der Waals surface area contributed by atoms with Gasteiger partial charge in [-0.25, -0.2) is 4.79 Å². The van der Waals surface area contributed by atoms with E-state index in [0.29, 0.717) is 12.2 Å². The first-order chi connectivity index (χ1) is 10.2. The van der Waals surface area contributed by atoms with Gasteiger partial charge in [0.15, 0.2) is 0 Å². The summed E-state index contributed by atoms with van der Waals surface area (Å²) >= 11 is 0. The van der Waals surface area contributed by atoms with Crippen molar-refractivity contribution in [2.75, 3.05) is 5.32 Å². The summed E-state index contributed by atoms with van der Waals surface area (Å²) in [5, 5.41) is 23.1. The maximum Gasteiger partial charge on any atom is 0.319 e. The van der Waals surface area contributed by atoms with E-state index in [1.807, 2.05) is 42.5 Å². The quantitative estimate of drug-likeness (QED) is 0.903. The van der Waals surface area contributed by atoms with E-state index in [1.54, 1.807) is 6.07 Å². The summed E-state index contributed by atoms with van der Waals surface area (Å²) in [6.07, 6.45) is 0. The van der Waals surface area contributed by atoms with Crippen molar-refractivity contribution in [2.24, 2.45) is 0 Å². The first kappa shape index (κ1) is 14.1. The lowest BCUT2D eigenvalue weighted by Gasteiger charge is -2.08. The Morgan fingerprint density at radius 3 is 2.38 bits per heavy atom. The average molecular weight is 276 g/mol. The number of nitriles is 2. The van der Waals surface area contributed by atoms with Crippen LogP contribution in [0.5, 0.6) is 0 Å². The highest BCUT2D eigenvalue weighted by Crippen LogP contribution is 2.14. The number of anilines is 1. The minimum Gasteiger partial charge on any atom is -0.334 e. The second-order valence-corrected chi connectivity index (χ2v) is 4.28. The van der Waals surface area contributed by atoms with Gasteiger partial charge in [-0.3, -0.25) is 0 Å². The van der Waals surface area contributed by atoms with Crippen LogP contribution in [-0.4, -0.2) is 6.03 Å². The number of hydrogen-bond donors (Lipinski definition) is 2. The van der Waals surface area contributed by atoms with Crippen LogP contribution in [0.25, 0.3) is 0 Å². The second-order valence-electron chi connectivity index (χ2n) is 4.28. The summed E-state index contributed by atoms with van der Waals surface area (Å²) in [6.45, 7) is 0.411. The molecule has 0 saturated carbocycles. The van der Waals surface area contributed by atoms with Gasteiger partial charge in [-0.05, 0) is 23.8 Å². The van der Waals surface area contributed by atoms with Gasteiger partial charge in [-0.1, -0.05) is 30.3 Å². The fourth-order valence-electron chi connectivity index (χ4n) is 1.77. The summed E-state index contributed by atoms with van der Waals surface area (Å²) < 4.78 is 0. The Kier molecular flexibility index (Phi) is 4.53. The van der Waals surface area contributed by atoms with Gasteiger partial charge in [0.1, 0.15) is 12.1 Å². The lowest BCUT2D eigenvalue weighted by atomic mass is 10.1. The van der Waals surface area contributed by atoms with E-state index in [9.17, 15) is 4.79 Å². The van der Waals surface area contributed by atoms with Gasteiger partial charge < -0.3 is 10.6 Å². The molecule has 2 amide bonds. The van der Waals surface area contributed by atoms with Gasteiger partial charge in [0.25, 0.3) is 0 Å². The summed E-state index contributed by atoms with van der Waals surface area (Å²) in [5.74, 6) is 0. The van der Waals surface area contributed by atoms with Crippen LogP contribution in [0.4, 0.5) is 10.5 Å². The Balaban J connectivity index is 1.97. The molecule has 5 heteroatoms. The minimum atomic E-state index is -0.368. The molecule has 2 aromatic carbocycles. The maximum atomic E-state index is 11.8. The van der Waals surface area contributed by atoms with E-state index >= 15 is 0 Å². The molecule has 0 aliphatic heterocycles. The third kappa shape index (κ3) is 3.82. The highest BCUT2D eigenvalue weighted by atomic mass is 16.2. The number of carbonyl (C=O) groups excluding carboxylic acids is 1. The normalized spacial score (nSPS) is 9.24. The molecule has 0 unspecified atom stereocenters. The van der Waals surface area contributed by atoms with Crippen LogP contribution in [-0.2, 0) is 6.54 Å². The van der Waals surface area contributed by atoms with Crippen molar-refractivity contribution in [3.8, 4) is 12.1 Å². The molecule has 0 spiro atoms. The van der Waals surface area contributed by atoms with Crippen LogP contribution >= 0.6 is 0 Å². The third-order valence-electron chi connectivity index (χ3n) is 2.81. The topological polar surface area (TPSA) is 88.7 Å². The number of nitrogens with one attached hydrogen (secondary N) is 2. The van der Waals surface area contributed by atoms with E-state index in [4.69, 9.17) is 10.5 Å². The molecule has 2 rings (SSSR count). The Morgan fingerprint density at radius 1 is 1.00 bits per heavy atom. The summed E-state index contributed by atoms with van der Waals surface area (Å²) in [6, 6.07) is 17.6. The van der Waals surface area contributed by atoms with E-state index in [-0.39, 0.29) is 17.2 Å². The first-order valence-corrected chi connectivity index (χ1v) is 6.26. The highest BCUT2D eigenvalue weighted by Gasteiger charge is 2.05. The largest absolute Gasteiger partial charge is 0.334 e. The summed E-state index contributed by atoms with van der Waals surface area (Å²) in [7, 11) is 0. The Bertz CT molecular complexity index is 726. The van der Waals surface area contributed by atoms with Crippen LogP contribution in [0, 0.1) is 22.7 Å². The molecule has 0 aliphatic rings. The molecule has 2 aromatic rings. The van der Waals surface area contributed by atoms with Crippen molar-refractivity contribution in [3.05, 3.63) is 65.2 Å². The standard InChI is InChI=1S/C16H12N4O/c17-9-13-6-7-15(8-14(13)10-18)20-16(21)19-11-12-4-2-1-3-5-12/h1-8H,11H2,(H2,19,20,21). The molecule has 2 N–H and O–H groups in total. The maximum absolute atomic E-state index is 11.8. The van der Waals surface area contributed by atoms with E-state index in [1.165, 1.54) is 12.1 Å². The van der Waals surface area contributed by atoms with Gasteiger partial charge in [-0.15, -0.1) is 0 Å². The van der Waals surface area contributed by atoms with Crippen LogP contribution < -0.4 is 10.6 Å². The molecular weight excluding hydrogens is 264 g/mol. The van der Waals surface area contributed by atoms with E-state index in [2.05, 4.69) is 10.6 Å². The highest BCUT2D eigenvalue weighted by molar-refractivity contribution is 5.89. The second kappa shape index (κ2) is 6.74. The number of nitrogens with zero attached hydrogens (tertiary/aromatic N) is 2. The smallest absolute Gasteiger partial charge is 0.319 e. The van der Waals surface area contributed by atoms with Gasteiger partial charge >= 0.3 is 6.03 Å². The molecule has 102 valence electrons. The fraction of sp³-hybridized carbons (Fsp3) is 0.0625. The number of urea groups is 1. The van der Waals surface area contributed by atoms with Crippen molar-refractivity contribution >= 4 is 11.7 Å². The Morgan fingerprint density at radius 2 is 1.71 bits per heavy atom. The zero-order chi connectivity index (χ0) is 15.1. The van der Waals surface area contributed by atoms with Gasteiger partial charge in [0.2, 0.25) is 0 Å². The van der Waals surface area contributed by atoms with E-state index < -0.39 is 0 Å². The van der Waals surface area contributed by atoms with Crippen LogP contribution in [0.1, 0.15) is 16.7 Å². The average Bonchev–Trinajstić information content (AvgIpc) is 2.53. The monoisotopic (exact) mass is 276 g/mol. The van der Waals surface area contributed by atoms with Crippen LogP contribution in [0.15, 0.2) is 48.5 Å². The molecule has 0 bridgehead atoms. The zero-order valence-corrected chi connectivity index (χ0v) is 11.1. The minimum absolute atomic E-state index is 0.235. The lowest BCUT2D eigenvalue weighted by molar-refractivity contribution is 0.251. The molecule has 0 aromatic heterocycles. The number of hydrogen-bond acceptors (Lipinski definition) is 3. The zero-order valence-electron chi connectivity index (χ0n) is 11.1. The summed E-state index contributed by atoms with van der Waals surface area (Å²) in [4.78, 5) is 11.8. The third-order valence-corrected chi connectivity index (χ3v) is 2.81. The van der Waals surface area contributed by atoms with Crippen molar-refractivity contribution < 1.29 is 4.79 Å². The predicted molar refractivity (Wildman–Crippen MR) is 78.2 cm³/mol. The fourth-order valence-corrected chi connectivity index (χ4v) is 1.77. The molecule has 0 atom stereocenters. The summed E-state index contributed by atoms with van der Waals surface area (Å²) in [5.41, 5.74) is 1.98. The SMILES string of the molecule is N#Cc1ccc(NC(=O)NCc2ccccc2)cc1C#N. The van der Waals surface area contributed by atoms with Crippen LogP contribution in [0.3, 0.4) is 0 Å². The molecule has 0 fully saturated rings. The predicted octanol–water partition coefficient (Wildman–Crippen LogP) is 2.75. The van der Waals surface area contributed by atoms with E-state index in [0.717, 1.165) is 5.56 Å². The molecule has 0 heterocycles. The molecule has 5 nitrogen and oxygen atoms in total. The molecule has 0 radical (unpaired) electrons. The van der Waals surface area contributed by atoms with Crippen molar-refractivity contribution in [2.45, 2.75) is 6.54 Å². The number of carbonyl (C=O) groups is 1. The lowest BCUT2D eigenvalue weighted by Crippen LogP contribution is -2.28. The van der Waals surface area contributed by atoms with Gasteiger partial charge in [-0.2, -0.15) is 10.5 Å². The van der Waals surface area contributed by atoms with Crippen molar-refractivity contribution in [3.63, 3.8) is 0 Å². The number of benzene rings is 2. The molecular formula is C16H12N4O. The van der Waals surface area contributed by atoms with Crippen molar-refractivity contribution in [1.29, 1.82) is 10.5 Å². The Hall–Kier alpha value is -3.31.